The van der Waals surface area contributed by atoms with Crippen LogP contribution in [0.2, 0.25) is 0 Å². The average Bonchev–Trinajstić information content (AvgIpc) is 3.36. The summed E-state index contributed by atoms with van der Waals surface area (Å²) in [4.78, 5) is 29.6. The fourth-order valence-electron chi connectivity index (χ4n) is 5.42. The lowest BCUT2D eigenvalue weighted by atomic mass is 9.60. The number of aliphatic hydroxyl groups excluding tert-OH is 1. The third-order valence-electron chi connectivity index (χ3n) is 7.25. The summed E-state index contributed by atoms with van der Waals surface area (Å²) in [5.74, 6) is 1.26. The summed E-state index contributed by atoms with van der Waals surface area (Å²) in [6.07, 6.45) is 6.05. The SMILES string of the molecule is O=C(C1CCC1)N1CC2(C1)[C@@H](c1ccccc1)[C@H](CO)N2C(=O)CC1CC1. The highest BCUT2D eigenvalue weighted by Gasteiger charge is 2.68. The van der Waals surface area contributed by atoms with E-state index < -0.39 is 0 Å². The van der Waals surface area contributed by atoms with Crippen molar-refractivity contribution in [1.29, 1.82) is 0 Å². The van der Waals surface area contributed by atoms with Crippen LogP contribution in [0, 0.1) is 11.8 Å². The topological polar surface area (TPSA) is 60.9 Å². The summed E-state index contributed by atoms with van der Waals surface area (Å²) in [5, 5.41) is 10.1. The highest BCUT2D eigenvalue weighted by atomic mass is 16.3. The van der Waals surface area contributed by atoms with Gasteiger partial charge in [-0.1, -0.05) is 36.8 Å². The summed E-state index contributed by atoms with van der Waals surface area (Å²) in [7, 11) is 0. The van der Waals surface area contributed by atoms with Crippen molar-refractivity contribution in [2.75, 3.05) is 19.7 Å². The van der Waals surface area contributed by atoms with Crippen molar-refractivity contribution in [2.24, 2.45) is 11.8 Å². The normalized spacial score (nSPS) is 29.1. The van der Waals surface area contributed by atoms with Crippen LogP contribution in [0.1, 0.15) is 50.0 Å². The lowest BCUT2D eigenvalue weighted by molar-refractivity contribution is -0.205. The second-order valence-electron chi connectivity index (χ2n) is 8.98. The Labute approximate surface area is 160 Å². The number of hydrogen-bond donors (Lipinski definition) is 1. The van der Waals surface area contributed by atoms with Gasteiger partial charge >= 0.3 is 0 Å². The molecule has 0 bridgehead atoms. The number of hydrogen-bond acceptors (Lipinski definition) is 3. The minimum Gasteiger partial charge on any atom is -0.394 e. The van der Waals surface area contributed by atoms with Gasteiger partial charge in [-0.25, -0.2) is 0 Å². The van der Waals surface area contributed by atoms with E-state index in [0.717, 1.165) is 32.1 Å². The Morgan fingerprint density at radius 3 is 2.33 bits per heavy atom. The molecule has 2 aliphatic carbocycles. The Morgan fingerprint density at radius 2 is 1.78 bits per heavy atom. The van der Waals surface area contributed by atoms with E-state index in [4.69, 9.17) is 0 Å². The number of carbonyl (C=O) groups is 2. The van der Waals surface area contributed by atoms with Gasteiger partial charge in [-0.2, -0.15) is 0 Å². The molecule has 144 valence electrons. The molecule has 1 N–H and O–H groups in total. The zero-order valence-electron chi connectivity index (χ0n) is 15.7. The van der Waals surface area contributed by atoms with E-state index >= 15 is 0 Å². The Morgan fingerprint density at radius 1 is 1.07 bits per heavy atom. The molecule has 2 saturated heterocycles. The monoisotopic (exact) mass is 368 g/mol. The van der Waals surface area contributed by atoms with Crippen molar-refractivity contribution in [1.82, 2.24) is 9.80 Å². The third kappa shape index (κ3) is 2.62. The largest absolute Gasteiger partial charge is 0.394 e. The van der Waals surface area contributed by atoms with Crippen molar-refractivity contribution < 1.29 is 14.7 Å². The molecule has 2 aliphatic heterocycles. The molecule has 5 heteroatoms. The molecule has 5 rings (SSSR count). The van der Waals surface area contributed by atoms with Crippen LogP contribution in [0.15, 0.2) is 30.3 Å². The Bertz CT molecular complexity index is 735. The number of nitrogens with zero attached hydrogens (tertiary/aromatic N) is 2. The van der Waals surface area contributed by atoms with Crippen molar-refractivity contribution >= 4 is 11.8 Å². The lowest BCUT2D eigenvalue weighted by Crippen LogP contribution is -2.86. The van der Waals surface area contributed by atoms with Gasteiger partial charge in [0.1, 0.15) is 0 Å². The molecular formula is C22H28N2O3. The number of amides is 2. The molecule has 4 fully saturated rings. The molecule has 2 atom stereocenters. The Balaban J connectivity index is 1.40. The van der Waals surface area contributed by atoms with E-state index in [1.54, 1.807) is 0 Å². The molecule has 5 nitrogen and oxygen atoms in total. The van der Waals surface area contributed by atoms with Crippen molar-refractivity contribution in [2.45, 2.75) is 56.0 Å². The van der Waals surface area contributed by atoms with Gasteiger partial charge in [0.2, 0.25) is 11.8 Å². The summed E-state index contributed by atoms with van der Waals surface area (Å²) in [6, 6.07) is 10.0. The fourth-order valence-corrected chi connectivity index (χ4v) is 5.42. The van der Waals surface area contributed by atoms with Gasteiger partial charge in [0.05, 0.1) is 18.2 Å². The zero-order valence-corrected chi connectivity index (χ0v) is 15.7. The number of carbonyl (C=O) groups excluding carboxylic acids is 2. The summed E-state index contributed by atoms with van der Waals surface area (Å²) in [5.41, 5.74) is 0.850. The molecule has 27 heavy (non-hydrogen) atoms. The highest BCUT2D eigenvalue weighted by Crippen LogP contribution is 2.55. The first-order chi connectivity index (χ1) is 13.1. The van der Waals surface area contributed by atoms with Crippen LogP contribution in [-0.4, -0.2) is 58.0 Å². The summed E-state index contributed by atoms with van der Waals surface area (Å²) < 4.78 is 0. The fraction of sp³-hybridized carbons (Fsp3) is 0.636. The Kier molecular flexibility index (Phi) is 4.04. The second kappa shape index (κ2) is 6.33. The van der Waals surface area contributed by atoms with Gasteiger partial charge in [-0.05, 0) is 37.2 Å². The van der Waals surface area contributed by atoms with Crippen LogP contribution in [0.5, 0.6) is 0 Å². The van der Waals surface area contributed by atoms with Crippen LogP contribution in [0.4, 0.5) is 0 Å². The van der Waals surface area contributed by atoms with Crippen LogP contribution in [0.3, 0.4) is 0 Å². The molecule has 1 aromatic carbocycles. The summed E-state index contributed by atoms with van der Waals surface area (Å²) >= 11 is 0. The lowest BCUT2D eigenvalue weighted by Gasteiger charge is -2.70. The van der Waals surface area contributed by atoms with Gasteiger partial charge in [0, 0.05) is 31.3 Å². The minimum absolute atomic E-state index is 0.0196. The van der Waals surface area contributed by atoms with Gasteiger partial charge in [0.25, 0.3) is 0 Å². The number of benzene rings is 1. The number of rotatable bonds is 5. The second-order valence-corrected chi connectivity index (χ2v) is 8.98. The van der Waals surface area contributed by atoms with E-state index in [-0.39, 0.29) is 41.8 Å². The molecule has 0 unspecified atom stereocenters. The van der Waals surface area contributed by atoms with Gasteiger partial charge in [-0.3, -0.25) is 9.59 Å². The molecule has 1 spiro atoms. The molecule has 2 saturated carbocycles. The molecule has 2 heterocycles. The van der Waals surface area contributed by atoms with Gasteiger partial charge in [0.15, 0.2) is 0 Å². The van der Waals surface area contributed by atoms with E-state index in [2.05, 4.69) is 12.1 Å². The molecule has 4 aliphatic rings. The van der Waals surface area contributed by atoms with Gasteiger partial charge < -0.3 is 14.9 Å². The first kappa shape index (κ1) is 17.2. The predicted octanol–water partition coefficient (Wildman–Crippen LogP) is 2.15. The van der Waals surface area contributed by atoms with Crippen LogP contribution >= 0.6 is 0 Å². The predicted molar refractivity (Wildman–Crippen MR) is 101 cm³/mol. The van der Waals surface area contributed by atoms with E-state index in [0.29, 0.717) is 25.4 Å². The maximum absolute atomic E-state index is 13.0. The molecule has 0 aromatic heterocycles. The first-order valence-corrected chi connectivity index (χ1v) is 10.4. The highest BCUT2D eigenvalue weighted by molar-refractivity contribution is 5.84. The third-order valence-corrected chi connectivity index (χ3v) is 7.25. The standard InChI is InChI=1S/C22H28N2O3/c25-12-18-20(16-5-2-1-3-6-16)22(24(18)19(26)11-15-9-10-15)13-23(14-22)21(27)17-7-4-8-17/h1-3,5-6,15,17-18,20,25H,4,7-14H2/t18-,20-/m0/s1. The smallest absolute Gasteiger partial charge is 0.225 e. The maximum Gasteiger partial charge on any atom is 0.225 e. The van der Waals surface area contributed by atoms with Crippen LogP contribution < -0.4 is 0 Å². The average molecular weight is 368 g/mol. The quantitative estimate of drug-likeness (QED) is 0.866. The van der Waals surface area contributed by atoms with Crippen molar-refractivity contribution in [3.8, 4) is 0 Å². The molecular weight excluding hydrogens is 340 g/mol. The van der Waals surface area contributed by atoms with E-state index in [1.165, 1.54) is 5.56 Å². The zero-order chi connectivity index (χ0) is 18.6. The number of likely N-dealkylation sites (tertiary alicyclic amines) is 2. The summed E-state index contributed by atoms with van der Waals surface area (Å²) in [6.45, 7) is 1.22. The minimum atomic E-state index is -0.319. The Hall–Kier alpha value is -1.88. The van der Waals surface area contributed by atoms with Crippen LogP contribution in [-0.2, 0) is 9.59 Å². The number of aliphatic hydroxyl groups is 1. The van der Waals surface area contributed by atoms with Crippen molar-refractivity contribution in [3.63, 3.8) is 0 Å². The van der Waals surface area contributed by atoms with Gasteiger partial charge in [-0.15, -0.1) is 0 Å². The molecule has 0 radical (unpaired) electrons. The van der Waals surface area contributed by atoms with E-state index in [9.17, 15) is 14.7 Å². The van der Waals surface area contributed by atoms with Crippen molar-refractivity contribution in [3.05, 3.63) is 35.9 Å². The van der Waals surface area contributed by atoms with Crippen LogP contribution in [0.25, 0.3) is 0 Å². The molecule has 1 aromatic rings. The van der Waals surface area contributed by atoms with E-state index in [1.807, 2.05) is 28.0 Å². The maximum atomic E-state index is 13.0. The molecule has 2 amide bonds. The first-order valence-electron chi connectivity index (χ1n) is 10.4.